The van der Waals surface area contributed by atoms with Crippen LogP contribution in [0.3, 0.4) is 0 Å². The van der Waals surface area contributed by atoms with Crippen molar-refractivity contribution in [2.75, 3.05) is 18.4 Å². The number of piperidine rings is 1. The van der Waals surface area contributed by atoms with Crippen LogP contribution >= 0.6 is 11.6 Å². The molecule has 0 saturated carbocycles. The van der Waals surface area contributed by atoms with E-state index in [2.05, 4.69) is 22.2 Å². The van der Waals surface area contributed by atoms with Gasteiger partial charge in [0.1, 0.15) is 0 Å². The van der Waals surface area contributed by atoms with Crippen LogP contribution in [0.25, 0.3) is 11.0 Å². The fourth-order valence-electron chi connectivity index (χ4n) is 3.72. The first-order valence-corrected chi connectivity index (χ1v) is 9.97. The predicted molar refractivity (Wildman–Crippen MR) is 113 cm³/mol. The molecule has 4 rings (SSSR count). The fraction of sp³-hybridized carbons (Fsp3) is 0.318. The molecule has 3 aromatic rings. The lowest BCUT2D eigenvalue weighted by atomic mass is 9.99. The molecule has 1 saturated heterocycles. The summed E-state index contributed by atoms with van der Waals surface area (Å²) >= 11 is 6.15. The Morgan fingerprint density at radius 3 is 2.93 bits per heavy atom. The maximum atomic E-state index is 13.3. The van der Waals surface area contributed by atoms with Gasteiger partial charge in [0, 0.05) is 41.1 Å². The first-order chi connectivity index (χ1) is 13.5. The number of carbonyl (C=O) groups excluding carboxylic acids is 1. The van der Waals surface area contributed by atoms with Crippen LogP contribution in [0.1, 0.15) is 35.8 Å². The van der Waals surface area contributed by atoms with Crippen LogP contribution in [-0.4, -0.2) is 33.9 Å². The summed E-state index contributed by atoms with van der Waals surface area (Å²) in [7, 11) is 0. The van der Waals surface area contributed by atoms with Crippen LogP contribution in [0.2, 0.25) is 5.02 Å². The molecular weight excluding hydrogens is 372 g/mol. The number of amides is 1. The second kappa shape index (κ2) is 7.76. The molecule has 1 fully saturated rings. The standard InChI is InChI=1S/C22H23ClN4O/c1-14-5-4-10-27(13-14)22(28)19-12-24-21-18(9-8-15(2)25-21)20(19)26-17-7-3-6-16(23)11-17/h3,6-9,11-12,14H,4-5,10,13H2,1-2H3,(H,24,25,26)/t14-/m0/s1. The van der Waals surface area contributed by atoms with E-state index in [1.54, 1.807) is 6.20 Å². The summed E-state index contributed by atoms with van der Waals surface area (Å²) in [6.45, 7) is 5.68. The number of likely N-dealkylation sites (tertiary alicyclic amines) is 1. The highest BCUT2D eigenvalue weighted by Crippen LogP contribution is 2.31. The molecular formula is C22H23ClN4O. The largest absolute Gasteiger partial charge is 0.354 e. The van der Waals surface area contributed by atoms with Crippen molar-refractivity contribution in [3.63, 3.8) is 0 Å². The molecule has 3 heterocycles. The lowest BCUT2D eigenvalue weighted by Crippen LogP contribution is -2.39. The zero-order chi connectivity index (χ0) is 19.7. The van der Waals surface area contributed by atoms with Crippen LogP contribution in [-0.2, 0) is 0 Å². The number of anilines is 2. The molecule has 1 N–H and O–H groups in total. The van der Waals surface area contributed by atoms with E-state index in [-0.39, 0.29) is 5.91 Å². The SMILES string of the molecule is Cc1ccc2c(Nc3cccc(Cl)c3)c(C(=O)N3CCC[C@H](C)C3)cnc2n1. The van der Waals surface area contributed by atoms with Crippen molar-refractivity contribution in [3.05, 3.63) is 58.9 Å². The molecule has 0 unspecified atom stereocenters. The molecule has 0 bridgehead atoms. The van der Waals surface area contributed by atoms with Crippen molar-refractivity contribution in [2.24, 2.45) is 5.92 Å². The van der Waals surface area contributed by atoms with E-state index in [9.17, 15) is 4.79 Å². The van der Waals surface area contributed by atoms with E-state index in [0.29, 0.717) is 22.2 Å². The number of nitrogens with zero attached hydrogens (tertiary/aromatic N) is 3. The van der Waals surface area contributed by atoms with Crippen molar-refractivity contribution in [3.8, 4) is 0 Å². The Bertz CT molecular complexity index is 1040. The lowest BCUT2D eigenvalue weighted by molar-refractivity contribution is 0.0684. The summed E-state index contributed by atoms with van der Waals surface area (Å²) in [5, 5.41) is 4.85. The third-order valence-corrected chi connectivity index (χ3v) is 5.37. The van der Waals surface area contributed by atoms with Gasteiger partial charge in [0.2, 0.25) is 0 Å². The zero-order valence-corrected chi connectivity index (χ0v) is 16.8. The molecule has 5 nitrogen and oxygen atoms in total. The summed E-state index contributed by atoms with van der Waals surface area (Å²) in [5.41, 5.74) is 3.61. The molecule has 1 amide bonds. The maximum Gasteiger partial charge on any atom is 0.257 e. The van der Waals surface area contributed by atoms with Gasteiger partial charge in [-0.15, -0.1) is 0 Å². The molecule has 1 aliphatic heterocycles. The van der Waals surface area contributed by atoms with Crippen LogP contribution < -0.4 is 5.32 Å². The number of pyridine rings is 2. The van der Waals surface area contributed by atoms with Gasteiger partial charge >= 0.3 is 0 Å². The predicted octanol–water partition coefficient (Wildman–Crippen LogP) is 5.21. The number of hydrogen-bond acceptors (Lipinski definition) is 4. The van der Waals surface area contributed by atoms with Crippen LogP contribution in [0, 0.1) is 12.8 Å². The molecule has 6 heteroatoms. The Morgan fingerprint density at radius 1 is 1.29 bits per heavy atom. The van der Waals surface area contributed by atoms with Crippen molar-refractivity contribution in [2.45, 2.75) is 26.7 Å². The summed E-state index contributed by atoms with van der Waals surface area (Å²) in [4.78, 5) is 24.3. The van der Waals surface area contributed by atoms with E-state index in [1.165, 1.54) is 0 Å². The minimum Gasteiger partial charge on any atom is -0.354 e. The summed E-state index contributed by atoms with van der Waals surface area (Å²) < 4.78 is 0. The number of aryl methyl sites for hydroxylation is 1. The molecule has 1 aromatic carbocycles. The first kappa shape index (κ1) is 18.7. The molecule has 0 radical (unpaired) electrons. The van der Waals surface area contributed by atoms with Gasteiger partial charge in [-0.25, -0.2) is 9.97 Å². The van der Waals surface area contributed by atoms with Gasteiger partial charge in [-0.05, 0) is 56.0 Å². The molecule has 0 spiro atoms. The van der Waals surface area contributed by atoms with Crippen LogP contribution in [0.4, 0.5) is 11.4 Å². The van der Waals surface area contributed by atoms with Crippen LogP contribution in [0.15, 0.2) is 42.6 Å². The van der Waals surface area contributed by atoms with Gasteiger partial charge < -0.3 is 10.2 Å². The van der Waals surface area contributed by atoms with Gasteiger partial charge in [-0.3, -0.25) is 4.79 Å². The Balaban J connectivity index is 1.80. The number of carbonyl (C=O) groups is 1. The number of benzene rings is 1. The number of nitrogens with one attached hydrogen (secondary N) is 1. The van der Waals surface area contributed by atoms with Gasteiger partial charge in [0.25, 0.3) is 5.91 Å². The number of fused-ring (bicyclic) bond motifs is 1. The molecule has 144 valence electrons. The average molecular weight is 395 g/mol. The number of halogens is 1. The summed E-state index contributed by atoms with van der Waals surface area (Å²) in [6, 6.07) is 11.4. The quantitative estimate of drug-likeness (QED) is 0.662. The third-order valence-electron chi connectivity index (χ3n) is 5.14. The van der Waals surface area contributed by atoms with Gasteiger partial charge in [-0.2, -0.15) is 0 Å². The first-order valence-electron chi connectivity index (χ1n) is 9.59. The Morgan fingerprint density at radius 2 is 2.14 bits per heavy atom. The number of rotatable bonds is 3. The summed E-state index contributed by atoms with van der Waals surface area (Å²) in [5.74, 6) is 0.519. The Hall–Kier alpha value is -2.66. The Kier molecular flexibility index (Phi) is 5.18. The van der Waals surface area contributed by atoms with E-state index < -0.39 is 0 Å². The summed E-state index contributed by atoms with van der Waals surface area (Å²) in [6.07, 6.45) is 3.84. The van der Waals surface area contributed by atoms with E-state index >= 15 is 0 Å². The van der Waals surface area contributed by atoms with Crippen molar-refractivity contribution in [1.29, 1.82) is 0 Å². The van der Waals surface area contributed by atoms with E-state index in [1.807, 2.05) is 48.2 Å². The smallest absolute Gasteiger partial charge is 0.257 e. The topological polar surface area (TPSA) is 58.1 Å². The lowest BCUT2D eigenvalue weighted by Gasteiger charge is -2.31. The number of hydrogen-bond donors (Lipinski definition) is 1. The average Bonchev–Trinajstić information content (AvgIpc) is 2.67. The van der Waals surface area contributed by atoms with Crippen LogP contribution in [0.5, 0.6) is 0 Å². The third kappa shape index (κ3) is 3.80. The normalized spacial score (nSPS) is 17.0. The molecule has 2 aromatic heterocycles. The second-order valence-corrected chi connectivity index (χ2v) is 7.94. The molecule has 1 aliphatic rings. The van der Waals surface area contributed by atoms with Gasteiger partial charge in [-0.1, -0.05) is 24.6 Å². The monoisotopic (exact) mass is 394 g/mol. The van der Waals surface area contributed by atoms with E-state index in [0.717, 1.165) is 48.4 Å². The minimum atomic E-state index is 0.00560. The highest BCUT2D eigenvalue weighted by molar-refractivity contribution is 6.30. The number of aromatic nitrogens is 2. The maximum absolute atomic E-state index is 13.3. The highest BCUT2D eigenvalue weighted by atomic mass is 35.5. The van der Waals surface area contributed by atoms with Crippen molar-refractivity contribution in [1.82, 2.24) is 14.9 Å². The van der Waals surface area contributed by atoms with Crippen molar-refractivity contribution >= 4 is 39.9 Å². The Labute approximate surface area is 169 Å². The highest BCUT2D eigenvalue weighted by Gasteiger charge is 2.25. The van der Waals surface area contributed by atoms with Gasteiger partial charge in [0.05, 0.1) is 11.3 Å². The van der Waals surface area contributed by atoms with Crippen molar-refractivity contribution < 1.29 is 4.79 Å². The second-order valence-electron chi connectivity index (χ2n) is 7.50. The molecule has 0 aliphatic carbocycles. The van der Waals surface area contributed by atoms with Gasteiger partial charge in [0.15, 0.2) is 5.65 Å². The fourth-order valence-corrected chi connectivity index (χ4v) is 3.91. The zero-order valence-electron chi connectivity index (χ0n) is 16.1. The molecule has 1 atom stereocenters. The minimum absolute atomic E-state index is 0.00560. The van der Waals surface area contributed by atoms with E-state index in [4.69, 9.17) is 11.6 Å². The molecule has 28 heavy (non-hydrogen) atoms.